The van der Waals surface area contributed by atoms with Gasteiger partial charge in [-0.15, -0.1) is 0 Å². The van der Waals surface area contributed by atoms with Crippen molar-refractivity contribution in [3.63, 3.8) is 0 Å². The lowest BCUT2D eigenvalue weighted by Crippen LogP contribution is -1.95. The number of aromatic carboxylic acids is 1. The van der Waals surface area contributed by atoms with Crippen LogP contribution in [0.1, 0.15) is 16.2 Å². The molecule has 0 amide bonds. The maximum Gasteiger partial charge on any atom is 0.357 e. The molecule has 0 aliphatic rings. The van der Waals surface area contributed by atoms with E-state index < -0.39 is 5.97 Å². The highest BCUT2D eigenvalue weighted by Crippen LogP contribution is 2.29. The fourth-order valence-corrected chi connectivity index (χ4v) is 2.59. The van der Waals surface area contributed by atoms with Gasteiger partial charge in [-0.05, 0) is 19.1 Å². The molecule has 120 valence electrons. The van der Waals surface area contributed by atoms with Crippen molar-refractivity contribution < 1.29 is 14.3 Å². The Morgan fingerprint density at radius 1 is 1.25 bits per heavy atom. The van der Waals surface area contributed by atoms with Gasteiger partial charge in [-0.1, -0.05) is 0 Å². The molecular weight excluding hydrogens is 310 g/mol. The minimum atomic E-state index is -1.12. The first-order chi connectivity index (χ1) is 11.5. The van der Waals surface area contributed by atoms with Gasteiger partial charge in [-0.2, -0.15) is 10.2 Å². The van der Waals surface area contributed by atoms with Crippen molar-refractivity contribution in [3.8, 4) is 22.6 Å². The van der Waals surface area contributed by atoms with Crippen molar-refractivity contribution in [3.05, 3.63) is 48.4 Å². The number of hydrogen-bond acceptors (Lipinski definition) is 5. The molecule has 4 heterocycles. The van der Waals surface area contributed by atoms with E-state index in [4.69, 9.17) is 9.52 Å². The van der Waals surface area contributed by atoms with Crippen molar-refractivity contribution in [2.75, 3.05) is 0 Å². The number of pyridine rings is 1. The first-order valence-corrected chi connectivity index (χ1v) is 7.20. The van der Waals surface area contributed by atoms with E-state index >= 15 is 0 Å². The van der Waals surface area contributed by atoms with Gasteiger partial charge in [-0.25, -0.2) is 14.3 Å². The molecule has 4 aromatic heterocycles. The second-order valence-corrected chi connectivity index (χ2v) is 5.41. The molecule has 4 aromatic rings. The number of carboxylic acids is 1. The molecule has 0 atom stereocenters. The largest absolute Gasteiger partial charge is 0.476 e. The van der Waals surface area contributed by atoms with Gasteiger partial charge in [0, 0.05) is 35.6 Å². The average Bonchev–Trinajstić information content (AvgIpc) is 3.27. The van der Waals surface area contributed by atoms with Crippen LogP contribution in [-0.2, 0) is 7.05 Å². The summed E-state index contributed by atoms with van der Waals surface area (Å²) in [4.78, 5) is 14.9. The number of carbonyl (C=O) groups is 1. The van der Waals surface area contributed by atoms with Crippen molar-refractivity contribution >= 4 is 11.5 Å². The molecule has 0 fully saturated rings. The van der Waals surface area contributed by atoms with Crippen LogP contribution in [0.15, 0.2) is 41.4 Å². The smallest absolute Gasteiger partial charge is 0.357 e. The maximum atomic E-state index is 10.9. The topological polar surface area (TPSA) is 98.5 Å². The van der Waals surface area contributed by atoms with Crippen molar-refractivity contribution in [2.45, 2.75) is 6.92 Å². The maximum absolute atomic E-state index is 10.9. The van der Waals surface area contributed by atoms with E-state index in [2.05, 4.69) is 15.2 Å². The molecule has 0 radical (unpaired) electrons. The molecule has 1 N–H and O–H groups in total. The Hall–Kier alpha value is -3.42. The van der Waals surface area contributed by atoms with Gasteiger partial charge in [0.2, 0.25) is 5.89 Å². The van der Waals surface area contributed by atoms with Gasteiger partial charge >= 0.3 is 5.97 Å². The lowest BCUT2D eigenvalue weighted by Gasteiger charge is -2.01. The van der Waals surface area contributed by atoms with E-state index in [1.807, 2.05) is 20.0 Å². The molecule has 0 aliphatic heterocycles. The number of hydrogen-bond donors (Lipinski definition) is 1. The van der Waals surface area contributed by atoms with Crippen LogP contribution in [0.5, 0.6) is 0 Å². The summed E-state index contributed by atoms with van der Waals surface area (Å²) in [5.41, 5.74) is 4.37. The van der Waals surface area contributed by atoms with Gasteiger partial charge in [-0.3, -0.25) is 4.68 Å². The zero-order chi connectivity index (χ0) is 16.8. The Kier molecular flexibility index (Phi) is 2.99. The average molecular weight is 323 g/mol. The monoisotopic (exact) mass is 323 g/mol. The Bertz CT molecular complexity index is 1070. The number of rotatable bonds is 3. The van der Waals surface area contributed by atoms with Crippen LogP contribution in [0.2, 0.25) is 0 Å². The van der Waals surface area contributed by atoms with E-state index in [-0.39, 0.29) is 11.6 Å². The third-order valence-corrected chi connectivity index (χ3v) is 4.02. The fraction of sp³-hybridized carbons (Fsp3) is 0.125. The van der Waals surface area contributed by atoms with E-state index in [1.165, 1.54) is 0 Å². The number of aryl methyl sites for hydroxylation is 1. The summed E-state index contributed by atoms with van der Waals surface area (Å²) in [5.74, 6) is -0.868. The number of oxazole rings is 1. The zero-order valence-electron chi connectivity index (χ0n) is 13.0. The molecule has 0 aromatic carbocycles. The predicted octanol–water partition coefficient (Wildman–Crippen LogP) is 2.40. The Morgan fingerprint density at radius 3 is 2.71 bits per heavy atom. The van der Waals surface area contributed by atoms with Crippen LogP contribution >= 0.6 is 0 Å². The van der Waals surface area contributed by atoms with Crippen molar-refractivity contribution in [1.29, 1.82) is 0 Å². The minimum absolute atomic E-state index is 0.123. The van der Waals surface area contributed by atoms with Crippen LogP contribution in [0.4, 0.5) is 0 Å². The summed E-state index contributed by atoms with van der Waals surface area (Å²) in [5, 5.41) is 17.6. The number of nitrogens with zero attached hydrogens (tertiary/aromatic N) is 5. The molecule has 0 saturated heterocycles. The van der Waals surface area contributed by atoms with Gasteiger partial charge in [0.25, 0.3) is 0 Å². The van der Waals surface area contributed by atoms with E-state index in [0.29, 0.717) is 5.56 Å². The highest BCUT2D eigenvalue weighted by Gasteiger charge is 2.16. The van der Waals surface area contributed by atoms with Gasteiger partial charge in [0.1, 0.15) is 6.26 Å². The highest BCUT2D eigenvalue weighted by atomic mass is 16.4. The molecule has 0 unspecified atom stereocenters. The molecular formula is C16H13N5O3. The fourth-order valence-electron chi connectivity index (χ4n) is 2.59. The minimum Gasteiger partial charge on any atom is -0.476 e. The first-order valence-electron chi connectivity index (χ1n) is 7.20. The Morgan fingerprint density at radius 2 is 2.04 bits per heavy atom. The second kappa shape index (κ2) is 5.05. The van der Waals surface area contributed by atoms with Crippen molar-refractivity contribution in [1.82, 2.24) is 24.4 Å². The molecule has 0 bridgehead atoms. The van der Waals surface area contributed by atoms with Crippen LogP contribution in [0, 0.1) is 6.92 Å². The lowest BCUT2D eigenvalue weighted by atomic mass is 10.1. The quantitative estimate of drug-likeness (QED) is 0.621. The summed E-state index contributed by atoms with van der Waals surface area (Å²) < 4.78 is 8.82. The Labute approximate surface area is 136 Å². The lowest BCUT2D eigenvalue weighted by molar-refractivity contribution is 0.0690. The van der Waals surface area contributed by atoms with E-state index in [1.54, 1.807) is 33.9 Å². The normalized spacial score (nSPS) is 11.2. The molecule has 0 spiro atoms. The summed E-state index contributed by atoms with van der Waals surface area (Å²) in [6.07, 6.45) is 6.49. The first kappa shape index (κ1) is 14.2. The van der Waals surface area contributed by atoms with Crippen LogP contribution in [0.3, 0.4) is 0 Å². The van der Waals surface area contributed by atoms with Crippen LogP contribution in [0.25, 0.3) is 28.1 Å². The summed E-state index contributed by atoms with van der Waals surface area (Å²) in [7, 11) is 1.89. The molecule has 8 nitrogen and oxygen atoms in total. The van der Waals surface area contributed by atoms with Gasteiger partial charge < -0.3 is 9.52 Å². The summed E-state index contributed by atoms with van der Waals surface area (Å²) in [6.45, 7) is 1.99. The van der Waals surface area contributed by atoms with Gasteiger partial charge in [0.05, 0.1) is 17.9 Å². The predicted molar refractivity (Wildman–Crippen MR) is 84.6 cm³/mol. The number of aromatic nitrogens is 5. The molecule has 8 heteroatoms. The van der Waals surface area contributed by atoms with Gasteiger partial charge in [0.15, 0.2) is 5.69 Å². The standard InChI is InChI=1S/C16H13N5O3/c1-9-11(6-17-20(9)2)12-7-18-21-4-3-10(5-14(12)21)15-19-13(8-24-15)16(22)23/h3-8H,1-2H3,(H,22,23). The summed E-state index contributed by atoms with van der Waals surface area (Å²) >= 11 is 0. The molecule has 0 saturated carbocycles. The van der Waals surface area contributed by atoms with E-state index in [0.717, 1.165) is 28.6 Å². The zero-order valence-corrected chi connectivity index (χ0v) is 13.0. The second-order valence-electron chi connectivity index (χ2n) is 5.41. The molecule has 4 rings (SSSR count). The molecule has 24 heavy (non-hydrogen) atoms. The van der Waals surface area contributed by atoms with E-state index in [9.17, 15) is 4.79 Å². The third-order valence-electron chi connectivity index (χ3n) is 4.02. The van der Waals surface area contributed by atoms with Crippen molar-refractivity contribution in [2.24, 2.45) is 7.05 Å². The Balaban J connectivity index is 1.86. The summed E-state index contributed by atoms with van der Waals surface area (Å²) in [6, 6.07) is 3.64. The van der Waals surface area contributed by atoms with Crippen LogP contribution in [-0.4, -0.2) is 35.5 Å². The SMILES string of the molecule is Cc1c(-c2cnn3ccc(-c4nc(C(=O)O)co4)cc23)cnn1C. The number of carboxylic acid groups (broad SMARTS) is 1. The number of fused-ring (bicyclic) bond motifs is 1. The van der Waals surface area contributed by atoms with Crippen LogP contribution < -0.4 is 0 Å². The highest BCUT2D eigenvalue weighted by molar-refractivity contribution is 5.86. The molecule has 0 aliphatic carbocycles. The third kappa shape index (κ3) is 2.08.